The molecule has 1 aliphatic rings. The molecule has 1 atom stereocenters. The summed E-state index contributed by atoms with van der Waals surface area (Å²) in [5.74, 6) is 0.870. The van der Waals surface area contributed by atoms with Crippen LogP contribution in [0.5, 0.6) is 0 Å². The predicted octanol–water partition coefficient (Wildman–Crippen LogP) is 4.74. The molecule has 23 heavy (non-hydrogen) atoms. The molecule has 3 rings (SSSR count). The molecule has 1 aromatic heterocycles. The van der Waals surface area contributed by atoms with Gasteiger partial charge in [0.1, 0.15) is 11.4 Å². The highest BCUT2D eigenvalue weighted by atomic mass is 35.5. The SMILES string of the molecule is Cc1noc(C(C)C)c1NC(=O)N1CCC1c1ccc(Cl)cc1. The van der Waals surface area contributed by atoms with Gasteiger partial charge < -0.3 is 14.7 Å². The summed E-state index contributed by atoms with van der Waals surface area (Å²) in [6, 6.07) is 7.62. The fourth-order valence-corrected chi connectivity index (χ4v) is 2.90. The van der Waals surface area contributed by atoms with Gasteiger partial charge in [0.25, 0.3) is 0 Å². The fraction of sp³-hybridized carbons (Fsp3) is 0.412. The van der Waals surface area contributed by atoms with Crippen LogP contribution in [0.25, 0.3) is 0 Å². The van der Waals surface area contributed by atoms with E-state index in [0.29, 0.717) is 22.2 Å². The smallest absolute Gasteiger partial charge is 0.322 e. The largest absolute Gasteiger partial charge is 0.359 e. The molecule has 2 aromatic rings. The van der Waals surface area contributed by atoms with E-state index in [9.17, 15) is 4.79 Å². The van der Waals surface area contributed by atoms with Crippen LogP contribution in [-0.2, 0) is 0 Å². The second kappa shape index (κ2) is 6.24. The first-order chi connectivity index (χ1) is 11.0. The van der Waals surface area contributed by atoms with E-state index in [1.807, 2.05) is 49.9 Å². The van der Waals surface area contributed by atoms with Gasteiger partial charge in [-0.1, -0.05) is 42.7 Å². The van der Waals surface area contributed by atoms with Crippen LogP contribution < -0.4 is 5.32 Å². The third-order valence-corrected chi connectivity index (χ3v) is 4.43. The van der Waals surface area contributed by atoms with Gasteiger partial charge in [-0.25, -0.2) is 4.79 Å². The molecule has 2 amide bonds. The minimum atomic E-state index is -0.121. The highest BCUT2D eigenvalue weighted by Gasteiger charge is 2.34. The Morgan fingerprint density at radius 3 is 2.65 bits per heavy atom. The Morgan fingerprint density at radius 1 is 1.39 bits per heavy atom. The zero-order valence-corrected chi connectivity index (χ0v) is 14.2. The number of anilines is 1. The van der Waals surface area contributed by atoms with E-state index < -0.39 is 0 Å². The average molecular weight is 334 g/mol. The maximum atomic E-state index is 12.6. The first-order valence-corrected chi connectivity index (χ1v) is 8.14. The molecule has 0 saturated carbocycles. The van der Waals surface area contributed by atoms with Crippen molar-refractivity contribution in [3.05, 3.63) is 46.3 Å². The lowest BCUT2D eigenvalue weighted by molar-refractivity contribution is 0.126. The lowest BCUT2D eigenvalue weighted by Gasteiger charge is -2.41. The number of benzene rings is 1. The van der Waals surface area contributed by atoms with Crippen LogP contribution in [-0.4, -0.2) is 22.6 Å². The topological polar surface area (TPSA) is 58.4 Å². The van der Waals surface area contributed by atoms with Gasteiger partial charge in [0.2, 0.25) is 0 Å². The summed E-state index contributed by atoms with van der Waals surface area (Å²) in [5.41, 5.74) is 2.49. The minimum absolute atomic E-state index is 0.0925. The highest BCUT2D eigenvalue weighted by molar-refractivity contribution is 6.30. The Hall–Kier alpha value is -2.01. The first kappa shape index (κ1) is 15.9. The number of urea groups is 1. The van der Waals surface area contributed by atoms with Crippen molar-refractivity contribution in [1.29, 1.82) is 0 Å². The number of carbonyl (C=O) groups is 1. The number of hydrogen-bond acceptors (Lipinski definition) is 3. The summed E-state index contributed by atoms with van der Waals surface area (Å²) in [7, 11) is 0. The number of nitrogens with zero attached hydrogens (tertiary/aromatic N) is 2. The van der Waals surface area contributed by atoms with Crippen molar-refractivity contribution in [1.82, 2.24) is 10.1 Å². The van der Waals surface area contributed by atoms with Crippen molar-refractivity contribution in [2.45, 2.75) is 39.2 Å². The summed E-state index contributed by atoms with van der Waals surface area (Å²) in [6.45, 7) is 6.59. The first-order valence-electron chi connectivity index (χ1n) is 7.76. The van der Waals surface area contributed by atoms with E-state index in [0.717, 1.165) is 18.5 Å². The fourth-order valence-electron chi connectivity index (χ4n) is 2.77. The van der Waals surface area contributed by atoms with Gasteiger partial charge in [-0.05, 0) is 31.0 Å². The van der Waals surface area contributed by atoms with Crippen LogP contribution >= 0.6 is 11.6 Å². The van der Waals surface area contributed by atoms with Crippen molar-refractivity contribution in [3.8, 4) is 0 Å². The van der Waals surface area contributed by atoms with Crippen molar-refractivity contribution < 1.29 is 9.32 Å². The molecule has 1 aromatic carbocycles. The summed E-state index contributed by atoms with van der Waals surface area (Å²) in [6.07, 6.45) is 0.953. The molecule has 5 nitrogen and oxygen atoms in total. The van der Waals surface area contributed by atoms with E-state index in [1.165, 1.54) is 0 Å². The van der Waals surface area contributed by atoms with Crippen molar-refractivity contribution in [2.24, 2.45) is 0 Å². The molecule has 2 heterocycles. The molecule has 1 fully saturated rings. The van der Waals surface area contributed by atoms with Gasteiger partial charge in [-0.3, -0.25) is 0 Å². The zero-order valence-electron chi connectivity index (χ0n) is 13.5. The van der Waals surface area contributed by atoms with E-state index in [4.69, 9.17) is 16.1 Å². The van der Waals surface area contributed by atoms with Crippen LogP contribution in [0.4, 0.5) is 10.5 Å². The Balaban J connectivity index is 1.74. The number of likely N-dealkylation sites (tertiary alicyclic amines) is 1. The number of aryl methyl sites for hydroxylation is 1. The summed E-state index contributed by atoms with van der Waals surface area (Å²) in [5, 5.41) is 7.62. The van der Waals surface area contributed by atoms with E-state index in [1.54, 1.807) is 0 Å². The molecule has 1 aliphatic heterocycles. The van der Waals surface area contributed by atoms with Crippen LogP contribution in [0, 0.1) is 6.92 Å². The normalized spacial score (nSPS) is 17.3. The molecule has 6 heteroatoms. The van der Waals surface area contributed by atoms with Gasteiger partial charge in [0, 0.05) is 17.5 Å². The monoisotopic (exact) mass is 333 g/mol. The lowest BCUT2D eigenvalue weighted by atomic mass is 9.95. The Labute approximate surface area is 140 Å². The maximum absolute atomic E-state index is 12.6. The van der Waals surface area contributed by atoms with E-state index in [-0.39, 0.29) is 18.0 Å². The average Bonchev–Trinajstić information content (AvgIpc) is 2.81. The number of aromatic nitrogens is 1. The third kappa shape index (κ3) is 3.06. The molecule has 1 saturated heterocycles. The molecule has 0 aliphatic carbocycles. The van der Waals surface area contributed by atoms with E-state index >= 15 is 0 Å². The number of rotatable bonds is 3. The van der Waals surface area contributed by atoms with Gasteiger partial charge in [0.15, 0.2) is 5.76 Å². The number of carbonyl (C=O) groups excluding carboxylic acids is 1. The van der Waals surface area contributed by atoms with Gasteiger partial charge in [-0.15, -0.1) is 0 Å². The summed E-state index contributed by atoms with van der Waals surface area (Å²) < 4.78 is 5.32. The quantitative estimate of drug-likeness (QED) is 0.882. The lowest BCUT2D eigenvalue weighted by Crippen LogP contribution is -2.47. The number of nitrogens with one attached hydrogen (secondary N) is 1. The molecular formula is C17H20ClN3O2. The second-order valence-electron chi connectivity index (χ2n) is 6.14. The van der Waals surface area contributed by atoms with Gasteiger partial charge in [-0.2, -0.15) is 0 Å². The molecule has 0 radical (unpaired) electrons. The standard InChI is InChI=1S/C17H20ClN3O2/c1-10(2)16-15(11(3)20-23-16)19-17(22)21-9-8-14(21)12-4-6-13(18)7-5-12/h4-7,10,14H,8-9H2,1-3H3,(H,19,22). The van der Waals surface area contributed by atoms with Crippen molar-refractivity contribution >= 4 is 23.3 Å². The summed E-state index contributed by atoms with van der Waals surface area (Å²) in [4.78, 5) is 14.4. The number of amides is 2. The third-order valence-electron chi connectivity index (χ3n) is 4.18. The maximum Gasteiger partial charge on any atom is 0.322 e. The van der Waals surface area contributed by atoms with Crippen LogP contribution in [0.15, 0.2) is 28.8 Å². The highest BCUT2D eigenvalue weighted by Crippen LogP contribution is 2.35. The molecule has 1 N–H and O–H groups in total. The number of hydrogen-bond donors (Lipinski definition) is 1. The van der Waals surface area contributed by atoms with Crippen LogP contribution in [0.1, 0.15) is 49.2 Å². The Morgan fingerprint density at radius 2 is 2.09 bits per heavy atom. The second-order valence-corrected chi connectivity index (χ2v) is 6.58. The Bertz CT molecular complexity index is 709. The van der Waals surface area contributed by atoms with E-state index in [2.05, 4.69) is 10.5 Å². The van der Waals surface area contributed by atoms with Crippen molar-refractivity contribution in [2.75, 3.05) is 11.9 Å². The van der Waals surface area contributed by atoms with Gasteiger partial charge in [0.05, 0.1) is 6.04 Å². The molecular weight excluding hydrogens is 314 g/mol. The molecule has 0 bridgehead atoms. The van der Waals surface area contributed by atoms with Crippen molar-refractivity contribution in [3.63, 3.8) is 0 Å². The molecule has 0 spiro atoms. The predicted molar refractivity (Wildman–Crippen MR) is 89.9 cm³/mol. The summed E-state index contributed by atoms with van der Waals surface area (Å²) >= 11 is 5.93. The molecule has 122 valence electrons. The van der Waals surface area contributed by atoms with Crippen LogP contribution in [0.3, 0.4) is 0 Å². The number of halogens is 1. The Kier molecular flexibility index (Phi) is 4.31. The van der Waals surface area contributed by atoms with Crippen LogP contribution in [0.2, 0.25) is 5.02 Å². The minimum Gasteiger partial charge on any atom is -0.359 e. The molecule has 1 unspecified atom stereocenters. The zero-order chi connectivity index (χ0) is 16.6. The van der Waals surface area contributed by atoms with Gasteiger partial charge >= 0.3 is 6.03 Å².